The Morgan fingerprint density at radius 1 is 1.35 bits per heavy atom. The lowest BCUT2D eigenvalue weighted by atomic mass is 9.88. The maximum absolute atomic E-state index is 5.53. The minimum Gasteiger partial charge on any atom is -0.496 e. The van der Waals surface area contributed by atoms with Crippen LogP contribution in [0, 0.1) is 19.8 Å². The molecule has 172 valence electrons. The van der Waals surface area contributed by atoms with Crippen LogP contribution in [0.5, 0.6) is 5.75 Å². The number of pyridine rings is 1. The molecule has 2 unspecified atom stereocenters. The van der Waals surface area contributed by atoms with Crippen LogP contribution in [0.4, 0.5) is 0 Å². The number of ether oxygens (including phenoxy) is 1. The van der Waals surface area contributed by atoms with E-state index in [-0.39, 0.29) is 24.0 Å². The molecule has 2 aromatic rings. The summed E-state index contributed by atoms with van der Waals surface area (Å²) < 4.78 is 5.53. The van der Waals surface area contributed by atoms with Gasteiger partial charge in [-0.15, -0.1) is 35.3 Å². The highest BCUT2D eigenvalue weighted by molar-refractivity contribution is 14.0. The molecule has 1 aliphatic rings. The lowest BCUT2D eigenvalue weighted by molar-refractivity contribution is 0.125. The summed E-state index contributed by atoms with van der Waals surface area (Å²) in [6, 6.07) is 4.89. The van der Waals surface area contributed by atoms with E-state index in [1.54, 1.807) is 7.11 Å². The van der Waals surface area contributed by atoms with Crippen molar-refractivity contribution in [2.75, 3.05) is 33.8 Å². The van der Waals surface area contributed by atoms with Crippen LogP contribution in [0.15, 0.2) is 28.7 Å². The van der Waals surface area contributed by atoms with E-state index in [4.69, 9.17) is 9.73 Å². The topological polar surface area (TPSA) is 61.8 Å². The van der Waals surface area contributed by atoms with Gasteiger partial charge in [-0.1, -0.05) is 6.07 Å². The number of aryl methyl sites for hydroxylation is 1. The van der Waals surface area contributed by atoms with E-state index in [2.05, 4.69) is 52.0 Å². The summed E-state index contributed by atoms with van der Waals surface area (Å²) in [5, 5.41) is 9.15. The Bertz CT molecular complexity index is 843. The van der Waals surface area contributed by atoms with Crippen LogP contribution in [-0.2, 0) is 6.54 Å². The highest BCUT2D eigenvalue weighted by atomic mass is 127. The van der Waals surface area contributed by atoms with Crippen LogP contribution in [-0.4, -0.2) is 49.6 Å². The van der Waals surface area contributed by atoms with Crippen molar-refractivity contribution >= 4 is 41.3 Å². The summed E-state index contributed by atoms with van der Waals surface area (Å²) in [4.78, 5) is 13.3. The molecule has 3 rings (SSSR count). The number of halogens is 1. The summed E-state index contributed by atoms with van der Waals surface area (Å²) in [5.74, 6) is 2.30. The molecule has 0 saturated carbocycles. The molecule has 31 heavy (non-hydrogen) atoms. The van der Waals surface area contributed by atoms with Gasteiger partial charge in [-0.05, 0) is 64.6 Å². The van der Waals surface area contributed by atoms with Gasteiger partial charge in [0.15, 0.2) is 5.96 Å². The second-order valence-electron chi connectivity index (χ2n) is 7.97. The number of methoxy groups -OCH3 is 1. The summed E-state index contributed by atoms with van der Waals surface area (Å²) in [6.07, 6.45) is 4.33. The number of likely N-dealkylation sites (tertiary alicyclic amines) is 1. The molecular formula is C23H36IN5OS. The van der Waals surface area contributed by atoms with Gasteiger partial charge in [0.1, 0.15) is 5.75 Å². The lowest BCUT2D eigenvalue weighted by Crippen LogP contribution is -2.44. The number of hydrogen-bond acceptors (Lipinski definition) is 5. The van der Waals surface area contributed by atoms with Crippen molar-refractivity contribution in [1.82, 2.24) is 20.5 Å². The Balaban J connectivity index is 0.00000341. The minimum atomic E-state index is 0. The summed E-state index contributed by atoms with van der Waals surface area (Å²) >= 11 is 1.86. The second kappa shape index (κ2) is 12.6. The lowest BCUT2D eigenvalue weighted by Gasteiger charge is -2.39. The fourth-order valence-electron chi connectivity index (χ4n) is 4.34. The fraction of sp³-hybridized carbons (Fsp3) is 0.565. The van der Waals surface area contributed by atoms with Crippen molar-refractivity contribution in [1.29, 1.82) is 0 Å². The van der Waals surface area contributed by atoms with Gasteiger partial charge in [-0.2, -0.15) is 0 Å². The number of hydrogen-bond donors (Lipinski definition) is 2. The van der Waals surface area contributed by atoms with Gasteiger partial charge in [-0.25, -0.2) is 4.99 Å². The first-order valence-corrected chi connectivity index (χ1v) is 11.7. The highest BCUT2D eigenvalue weighted by Gasteiger charge is 2.31. The molecule has 3 heterocycles. The second-order valence-corrected chi connectivity index (χ2v) is 8.94. The van der Waals surface area contributed by atoms with Crippen molar-refractivity contribution in [3.8, 4) is 5.75 Å². The third kappa shape index (κ3) is 6.55. The first-order chi connectivity index (χ1) is 14.5. The number of nitrogens with zero attached hydrogens (tertiary/aromatic N) is 3. The van der Waals surface area contributed by atoms with Crippen molar-refractivity contribution in [2.45, 2.75) is 46.2 Å². The Labute approximate surface area is 207 Å². The summed E-state index contributed by atoms with van der Waals surface area (Å²) in [7, 11) is 3.95. The van der Waals surface area contributed by atoms with Gasteiger partial charge in [0.05, 0.1) is 19.3 Å². The minimum absolute atomic E-state index is 0. The molecule has 2 N–H and O–H groups in total. The molecule has 0 spiro atoms. The van der Waals surface area contributed by atoms with E-state index >= 15 is 0 Å². The van der Waals surface area contributed by atoms with Gasteiger partial charge in [0.25, 0.3) is 0 Å². The largest absolute Gasteiger partial charge is 0.496 e. The van der Waals surface area contributed by atoms with Crippen LogP contribution in [0.3, 0.4) is 0 Å². The Hall–Kier alpha value is -1.39. The average molecular weight is 558 g/mol. The van der Waals surface area contributed by atoms with E-state index < -0.39 is 0 Å². The Kier molecular flexibility index (Phi) is 10.5. The van der Waals surface area contributed by atoms with E-state index in [0.29, 0.717) is 18.5 Å². The zero-order valence-corrected chi connectivity index (χ0v) is 22.4. The van der Waals surface area contributed by atoms with Crippen LogP contribution < -0.4 is 15.4 Å². The first-order valence-electron chi connectivity index (χ1n) is 10.8. The van der Waals surface area contributed by atoms with Crippen LogP contribution in [0.2, 0.25) is 0 Å². The number of aromatic nitrogens is 1. The number of rotatable bonds is 7. The summed E-state index contributed by atoms with van der Waals surface area (Å²) in [6.45, 7) is 9.58. The molecule has 1 saturated heterocycles. The van der Waals surface area contributed by atoms with E-state index in [1.165, 1.54) is 17.7 Å². The maximum atomic E-state index is 5.53. The maximum Gasteiger partial charge on any atom is 0.191 e. The van der Waals surface area contributed by atoms with Gasteiger partial charge < -0.3 is 15.4 Å². The number of piperidine rings is 1. The van der Waals surface area contributed by atoms with Crippen molar-refractivity contribution < 1.29 is 4.74 Å². The molecule has 1 aliphatic heterocycles. The molecule has 6 nitrogen and oxygen atoms in total. The van der Waals surface area contributed by atoms with Crippen molar-refractivity contribution in [2.24, 2.45) is 10.9 Å². The third-order valence-corrected chi connectivity index (χ3v) is 6.80. The van der Waals surface area contributed by atoms with Gasteiger partial charge in [0.2, 0.25) is 0 Å². The molecule has 1 fully saturated rings. The van der Waals surface area contributed by atoms with Gasteiger partial charge in [-0.3, -0.25) is 9.88 Å². The molecule has 8 heteroatoms. The van der Waals surface area contributed by atoms with Gasteiger partial charge in [0, 0.05) is 41.3 Å². The molecular weight excluding hydrogens is 521 g/mol. The number of thiophene rings is 1. The predicted molar refractivity (Wildman–Crippen MR) is 141 cm³/mol. The number of aliphatic imine (C=N–C) groups is 1. The summed E-state index contributed by atoms with van der Waals surface area (Å²) in [5.41, 5.74) is 3.06. The smallest absolute Gasteiger partial charge is 0.191 e. The SMILES string of the molecule is CCNC(=NCc1ncc(C)c(OC)c1C)NCC1CCCN(C)C1c1cccs1.I. The monoisotopic (exact) mass is 557 g/mol. The van der Waals surface area contributed by atoms with E-state index in [0.717, 1.165) is 48.2 Å². The zero-order valence-electron chi connectivity index (χ0n) is 19.3. The van der Waals surface area contributed by atoms with Crippen LogP contribution in [0.25, 0.3) is 0 Å². The third-order valence-electron chi connectivity index (χ3n) is 5.85. The van der Waals surface area contributed by atoms with Crippen LogP contribution >= 0.6 is 35.3 Å². The number of guanidine groups is 1. The molecule has 0 amide bonds. The van der Waals surface area contributed by atoms with Crippen LogP contribution in [0.1, 0.15) is 47.5 Å². The highest BCUT2D eigenvalue weighted by Crippen LogP contribution is 2.36. The standard InChI is InChI=1S/C23H35N5OS.HI/c1-6-24-23(27-15-19-17(3)22(29-5)16(2)13-25-19)26-14-18-9-7-11-28(4)21(18)20-10-8-12-30-20;/h8,10,12-13,18,21H,6-7,9,11,14-15H2,1-5H3,(H2,24,26,27);1H. The zero-order chi connectivity index (χ0) is 21.5. The number of nitrogens with one attached hydrogen (secondary N) is 2. The molecule has 0 radical (unpaired) electrons. The van der Waals surface area contributed by atoms with E-state index in [9.17, 15) is 0 Å². The average Bonchev–Trinajstić information content (AvgIpc) is 3.26. The molecule has 2 aromatic heterocycles. The molecule has 0 aromatic carbocycles. The fourth-order valence-corrected chi connectivity index (χ4v) is 5.32. The Morgan fingerprint density at radius 3 is 2.84 bits per heavy atom. The molecule has 2 atom stereocenters. The van der Waals surface area contributed by atoms with E-state index in [1.807, 2.05) is 31.4 Å². The van der Waals surface area contributed by atoms with Crippen molar-refractivity contribution in [3.05, 3.63) is 45.4 Å². The molecule has 0 aliphatic carbocycles. The predicted octanol–water partition coefficient (Wildman–Crippen LogP) is 4.52. The molecule has 0 bridgehead atoms. The first kappa shape index (κ1) is 25.9. The quantitative estimate of drug-likeness (QED) is 0.298. The van der Waals surface area contributed by atoms with Gasteiger partial charge >= 0.3 is 0 Å². The Morgan fingerprint density at radius 2 is 2.16 bits per heavy atom. The van der Waals surface area contributed by atoms with Crippen molar-refractivity contribution in [3.63, 3.8) is 0 Å². The normalized spacial score (nSPS) is 19.6.